The maximum atomic E-state index is 9.55. The number of azo groups is 1. The van der Waals surface area contributed by atoms with Gasteiger partial charge in [-0.05, 0) is 0 Å². The van der Waals surface area contributed by atoms with Crippen molar-refractivity contribution >= 4 is 15.8 Å². The van der Waals surface area contributed by atoms with E-state index in [1.54, 1.807) is 0 Å². The summed E-state index contributed by atoms with van der Waals surface area (Å²) < 4.78 is 19.1. The highest BCUT2D eigenvalue weighted by molar-refractivity contribution is 7.71. The highest BCUT2D eigenvalue weighted by Gasteiger charge is 1.59. The van der Waals surface area contributed by atoms with E-state index in [-0.39, 0.29) is 0 Å². The number of nitrogens with zero attached hydrogens (tertiary/aromatic N) is 2. The van der Waals surface area contributed by atoms with Gasteiger partial charge in [-0.2, -0.15) is 13.5 Å². The van der Waals surface area contributed by atoms with Crippen LogP contribution in [0.3, 0.4) is 0 Å². The van der Waals surface area contributed by atoms with Crippen LogP contribution in [-0.2, 0) is 10.3 Å². The average Bonchev–Trinajstić information content (AvgIpc) is 1.61. The van der Waals surface area contributed by atoms with Crippen molar-refractivity contribution in [3.8, 4) is 0 Å². The lowest BCUT2D eigenvalue weighted by Crippen LogP contribution is -1.62. The highest BCUT2D eigenvalue weighted by Crippen LogP contribution is 1.56. The summed E-state index contributed by atoms with van der Waals surface area (Å²) in [5, 5.41) is 6.21. The molecule has 0 fully saturated rings. The molecule has 0 heterocycles. The SMILES string of the molecule is CN=NC=S(=O)=O. The second-order valence-corrected chi connectivity index (χ2v) is 1.41. The van der Waals surface area contributed by atoms with Gasteiger partial charge < -0.3 is 0 Å². The van der Waals surface area contributed by atoms with Crippen molar-refractivity contribution in [1.29, 1.82) is 0 Å². The zero-order valence-corrected chi connectivity index (χ0v) is 4.51. The minimum Gasteiger partial charge on any atom is -0.192 e. The molecule has 0 aromatic carbocycles. The predicted octanol–water partition coefficient (Wildman–Crippen LogP) is -0.293. The van der Waals surface area contributed by atoms with Crippen LogP contribution in [0.15, 0.2) is 10.2 Å². The Kier molecular flexibility index (Phi) is 3.13. The van der Waals surface area contributed by atoms with Gasteiger partial charge in [0.1, 0.15) is 0 Å². The van der Waals surface area contributed by atoms with E-state index in [4.69, 9.17) is 0 Å². The molecule has 0 bridgehead atoms. The standard InChI is InChI=1S/C2H4N2O2S/c1-3-4-2-7(5)6/h2H,1H3. The molecule has 0 rings (SSSR count). The van der Waals surface area contributed by atoms with Crippen LogP contribution < -0.4 is 0 Å². The second kappa shape index (κ2) is 3.48. The molecule has 0 spiro atoms. The maximum Gasteiger partial charge on any atom is 0.234 e. The molecule has 0 aliphatic carbocycles. The Morgan fingerprint density at radius 1 is 1.57 bits per heavy atom. The molecule has 7 heavy (non-hydrogen) atoms. The molecular formula is C2H4N2O2S. The molecule has 0 radical (unpaired) electrons. The van der Waals surface area contributed by atoms with Gasteiger partial charge >= 0.3 is 0 Å². The first kappa shape index (κ1) is 6.29. The van der Waals surface area contributed by atoms with Gasteiger partial charge in [0.15, 0.2) is 5.49 Å². The van der Waals surface area contributed by atoms with Crippen LogP contribution in [-0.4, -0.2) is 21.0 Å². The third kappa shape index (κ3) is 5.29. The van der Waals surface area contributed by atoms with Crippen LogP contribution in [0.25, 0.3) is 0 Å². The molecule has 0 aliphatic heterocycles. The molecule has 0 aliphatic rings. The summed E-state index contributed by atoms with van der Waals surface area (Å²) in [5.74, 6) is 0. The normalized spacial score (nSPS) is 9.29. The summed E-state index contributed by atoms with van der Waals surface area (Å²) in [4.78, 5) is 0. The van der Waals surface area contributed by atoms with Gasteiger partial charge in [-0.25, -0.2) is 0 Å². The van der Waals surface area contributed by atoms with Crippen LogP contribution in [0.2, 0.25) is 0 Å². The van der Waals surface area contributed by atoms with Gasteiger partial charge in [-0.15, -0.1) is 5.11 Å². The Morgan fingerprint density at radius 3 is 2.29 bits per heavy atom. The largest absolute Gasteiger partial charge is 0.234 e. The zero-order chi connectivity index (χ0) is 5.70. The summed E-state index contributed by atoms with van der Waals surface area (Å²) in [6.07, 6.45) is 0. The van der Waals surface area contributed by atoms with E-state index < -0.39 is 10.3 Å². The van der Waals surface area contributed by atoms with E-state index in [2.05, 4.69) is 10.2 Å². The topological polar surface area (TPSA) is 58.9 Å². The van der Waals surface area contributed by atoms with Crippen molar-refractivity contribution in [2.45, 2.75) is 0 Å². The van der Waals surface area contributed by atoms with Crippen LogP contribution in [0.5, 0.6) is 0 Å². The van der Waals surface area contributed by atoms with Gasteiger partial charge in [0, 0.05) is 7.05 Å². The Labute approximate surface area is 42.4 Å². The van der Waals surface area contributed by atoms with E-state index in [0.717, 1.165) is 5.49 Å². The summed E-state index contributed by atoms with van der Waals surface area (Å²) in [6, 6.07) is 0. The molecule has 0 aromatic heterocycles. The first-order valence-corrected chi connectivity index (χ1v) is 2.61. The molecule has 4 nitrogen and oxygen atoms in total. The minimum atomic E-state index is -2.20. The molecule has 0 atom stereocenters. The van der Waals surface area contributed by atoms with Gasteiger partial charge in [-0.1, -0.05) is 0 Å². The van der Waals surface area contributed by atoms with Crippen LogP contribution in [0.4, 0.5) is 0 Å². The van der Waals surface area contributed by atoms with Crippen molar-refractivity contribution < 1.29 is 8.42 Å². The molecular weight excluding hydrogens is 116 g/mol. The van der Waals surface area contributed by atoms with Crippen molar-refractivity contribution in [2.24, 2.45) is 10.2 Å². The van der Waals surface area contributed by atoms with Crippen molar-refractivity contribution in [2.75, 3.05) is 7.05 Å². The smallest absolute Gasteiger partial charge is 0.192 e. The first-order chi connectivity index (χ1) is 3.27. The number of rotatable bonds is 1. The Hall–Kier alpha value is -0.710. The fraction of sp³-hybridized carbons (Fsp3) is 0.500. The molecule has 0 amide bonds. The lowest BCUT2D eigenvalue weighted by molar-refractivity contribution is 0.627. The molecule has 0 aromatic rings. The third-order valence-electron chi connectivity index (χ3n) is 0.249. The van der Waals surface area contributed by atoms with Gasteiger partial charge in [-0.3, -0.25) is 0 Å². The Bertz CT molecular complexity index is 170. The molecule has 40 valence electrons. The number of hydrogen-bond donors (Lipinski definition) is 0. The van der Waals surface area contributed by atoms with E-state index in [9.17, 15) is 8.42 Å². The van der Waals surface area contributed by atoms with E-state index in [0.29, 0.717) is 0 Å². The summed E-state index contributed by atoms with van der Waals surface area (Å²) in [5.41, 5.74) is 0.722. The molecule has 0 saturated heterocycles. The van der Waals surface area contributed by atoms with E-state index in [1.807, 2.05) is 0 Å². The first-order valence-electron chi connectivity index (χ1n) is 1.47. The summed E-state index contributed by atoms with van der Waals surface area (Å²) in [7, 11) is -0.809. The van der Waals surface area contributed by atoms with Crippen LogP contribution >= 0.6 is 0 Å². The average molecular weight is 120 g/mol. The Morgan fingerprint density at radius 2 is 2.14 bits per heavy atom. The lowest BCUT2D eigenvalue weighted by Gasteiger charge is -1.57. The quantitative estimate of drug-likeness (QED) is 0.352. The van der Waals surface area contributed by atoms with E-state index in [1.165, 1.54) is 7.05 Å². The highest BCUT2D eigenvalue weighted by atomic mass is 32.2. The third-order valence-corrected chi connectivity index (χ3v) is 0.515. The van der Waals surface area contributed by atoms with E-state index >= 15 is 0 Å². The van der Waals surface area contributed by atoms with Gasteiger partial charge in [0.05, 0.1) is 0 Å². The predicted molar refractivity (Wildman–Crippen MR) is 25.8 cm³/mol. The van der Waals surface area contributed by atoms with Crippen molar-refractivity contribution in [3.05, 3.63) is 0 Å². The zero-order valence-electron chi connectivity index (χ0n) is 3.70. The molecule has 0 unspecified atom stereocenters. The second-order valence-electron chi connectivity index (χ2n) is 0.681. The summed E-state index contributed by atoms with van der Waals surface area (Å²) in [6.45, 7) is 0. The molecule has 0 saturated carbocycles. The van der Waals surface area contributed by atoms with Crippen LogP contribution in [0, 0.1) is 0 Å². The van der Waals surface area contributed by atoms with Crippen LogP contribution in [0.1, 0.15) is 0 Å². The van der Waals surface area contributed by atoms with Crippen molar-refractivity contribution in [3.63, 3.8) is 0 Å². The molecule has 0 N–H and O–H groups in total. The van der Waals surface area contributed by atoms with Crippen molar-refractivity contribution in [1.82, 2.24) is 0 Å². The monoisotopic (exact) mass is 120 g/mol. The Balaban J connectivity index is 3.98. The lowest BCUT2D eigenvalue weighted by atomic mass is 11.5. The van der Waals surface area contributed by atoms with Gasteiger partial charge in [0.2, 0.25) is 10.3 Å². The van der Waals surface area contributed by atoms with Gasteiger partial charge in [0.25, 0.3) is 0 Å². The fourth-order valence-corrected chi connectivity index (χ4v) is 0.257. The summed E-state index contributed by atoms with van der Waals surface area (Å²) >= 11 is 0. The molecule has 5 heteroatoms. The maximum absolute atomic E-state index is 9.55. The number of hydrogen-bond acceptors (Lipinski definition) is 3. The fourth-order valence-electron chi connectivity index (χ4n) is 0.0856. The minimum absolute atomic E-state index is 0.722.